The first-order valence-corrected chi connectivity index (χ1v) is 7.82. The number of para-hydroxylation sites is 1. The Labute approximate surface area is 128 Å². The monoisotopic (exact) mass is 286 g/mol. The fraction of sp³-hybridized carbons (Fsp3) is 0.444. The quantitative estimate of drug-likeness (QED) is 0.740. The third kappa shape index (κ3) is 4.11. The molecule has 1 heterocycles. The molecule has 0 saturated carbocycles. The topological polar surface area (TPSA) is 28.4 Å². The Hall–Kier alpha value is -1.74. The van der Waals surface area contributed by atoms with E-state index in [0.717, 1.165) is 38.4 Å². The average Bonchev–Trinajstić information content (AvgIpc) is 2.93. The smallest absolute Gasteiger partial charge is 0.122 e. The summed E-state index contributed by atoms with van der Waals surface area (Å²) in [7, 11) is 0. The first-order chi connectivity index (χ1) is 10.3. The lowest BCUT2D eigenvalue weighted by atomic mass is 10.1. The van der Waals surface area contributed by atoms with Crippen molar-refractivity contribution in [1.29, 1.82) is 0 Å². The second-order valence-electron chi connectivity index (χ2n) is 5.35. The molecular weight excluding hydrogens is 260 g/mol. The first-order valence-electron chi connectivity index (χ1n) is 7.82. The van der Waals surface area contributed by atoms with E-state index in [1.54, 1.807) is 6.26 Å². The van der Waals surface area contributed by atoms with E-state index in [2.05, 4.69) is 61.3 Å². The van der Waals surface area contributed by atoms with Gasteiger partial charge in [0, 0.05) is 24.3 Å². The molecule has 1 aromatic carbocycles. The van der Waals surface area contributed by atoms with Gasteiger partial charge in [0.05, 0.1) is 12.8 Å². The van der Waals surface area contributed by atoms with Gasteiger partial charge in [-0.15, -0.1) is 0 Å². The van der Waals surface area contributed by atoms with E-state index in [1.165, 1.54) is 16.8 Å². The molecule has 0 spiro atoms. The number of furan rings is 1. The van der Waals surface area contributed by atoms with E-state index >= 15 is 0 Å². The minimum Gasteiger partial charge on any atom is -0.468 e. The van der Waals surface area contributed by atoms with Gasteiger partial charge in [-0.2, -0.15) is 0 Å². The SMILES string of the molecule is CCCNCc1occc1CN(CC)c1ccccc1C. The zero-order chi connectivity index (χ0) is 15.1. The molecule has 0 fully saturated rings. The maximum Gasteiger partial charge on any atom is 0.122 e. The van der Waals surface area contributed by atoms with Gasteiger partial charge in [0.2, 0.25) is 0 Å². The van der Waals surface area contributed by atoms with Crippen LogP contribution in [0.2, 0.25) is 0 Å². The van der Waals surface area contributed by atoms with Gasteiger partial charge in [0.25, 0.3) is 0 Å². The van der Waals surface area contributed by atoms with Crippen molar-refractivity contribution in [2.45, 2.75) is 40.3 Å². The highest BCUT2D eigenvalue weighted by atomic mass is 16.3. The van der Waals surface area contributed by atoms with Crippen LogP contribution in [0.15, 0.2) is 41.0 Å². The van der Waals surface area contributed by atoms with Crippen LogP contribution in [0.5, 0.6) is 0 Å². The molecule has 0 aliphatic heterocycles. The highest BCUT2D eigenvalue weighted by Gasteiger charge is 2.12. The number of hydrogen-bond donors (Lipinski definition) is 1. The highest BCUT2D eigenvalue weighted by Crippen LogP contribution is 2.23. The Morgan fingerprint density at radius 2 is 1.95 bits per heavy atom. The molecule has 21 heavy (non-hydrogen) atoms. The second-order valence-corrected chi connectivity index (χ2v) is 5.35. The molecule has 0 atom stereocenters. The second kappa shape index (κ2) is 7.89. The standard InChI is InChI=1S/C18H26N2O/c1-4-11-19-13-18-16(10-12-21-18)14-20(5-2)17-9-7-6-8-15(17)3/h6-10,12,19H,4-5,11,13-14H2,1-3H3. The summed E-state index contributed by atoms with van der Waals surface area (Å²) in [6, 6.07) is 10.6. The lowest BCUT2D eigenvalue weighted by Crippen LogP contribution is -2.24. The summed E-state index contributed by atoms with van der Waals surface area (Å²) >= 11 is 0. The van der Waals surface area contributed by atoms with Crippen LogP contribution in [0.25, 0.3) is 0 Å². The van der Waals surface area contributed by atoms with E-state index < -0.39 is 0 Å². The van der Waals surface area contributed by atoms with Gasteiger partial charge in [0.15, 0.2) is 0 Å². The van der Waals surface area contributed by atoms with Gasteiger partial charge in [-0.3, -0.25) is 0 Å². The van der Waals surface area contributed by atoms with Crippen molar-refractivity contribution < 1.29 is 4.42 Å². The average molecular weight is 286 g/mol. The number of anilines is 1. The molecule has 2 rings (SSSR count). The summed E-state index contributed by atoms with van der Waals surface area (Å²) in [6.07, 6.45) is 2.93. The molecule has 2 aromatic rings. The van der Waals surface area contributed by atoms with Crippen LogP contribution >= 0.6 is 0 Å². The van der Waals surface area contributed by atoms with E-state index in [9.17, 15) is 0 Å². The fourth-order valence-electron chi connectivity index (χ4n) is 2.53. The first kappa shape index (κ1) is 15.6. The predicted octanol–water partition coefficient (Wildman–Crippen LogP) is 4.11. The Morgan fingerprint density at radius 1 is 1.14 bits per heavy atom. The number of rotatable bonds is 8. The van der Waals surface area contributed by atoms with E-state index in [4.69, 9.17) is 4.42 Å². The number of nitrogens with one attached hydrogen (secondary N) is 1. The Morgan fingerprint density at radius 3 is 2.67 bits per heavy atom. The molecule has 0 aliphatic rings. The summed E-state index contributed by atoms with van der Waals surface area (Å²) in [5.41, 5.74) is 3.88. The van der Waals surface area contributed by atoms with Gasteiger partial charge in [-0.1, -0.05) is 25.1 Å². The fourth-order valence-corrected chi connectivity index (χ4v) is 2.53. The zero-order valence-electron chi connectivity index (χ0n) is 13.4. The van der Waals surface area contributed by atoms with Crippen molar-refractivity contribution >= 4 is 5.69 Å². The molecule has 0 aliphatic carbocycles. The molecule has 0 radical (unpaired) electrons. The molecule has 0 bridgehead atoms. The van der Waals surface area contributed by atoms with Crippen LogP contribution in [0.4, 0.5) is 5.69 Å². The molecule has 0 saturated heterocycles. The van der Waals surface area contributed by atoms with Crippen molar-refractivity contribution in [1.82, 2.24) is 5.32 Å². The molecule has 3 heteroatoms. The van der Waals surface area contributed by atoms with Gasteiger partial charge in [0.1, 0.15) is 5.76 Å². The predicted molar refractivity (Wildman–Crippen MR) is 88.6 cm³/mol. The largest absolute Gasteiger partial charge is 0.468 e. The third-order valence-electron chi connectivity index (χ3n) is 3.75. The van der Waals surface area contributed by atoms with Crippen LogP contribution < -0.4 is 10.2 Å². The van der Waals surface area contributed by atoms with E-state index in [1.807, 2.05) is 0 Å². The normalized spacial score (nSPS) is 10.8. The summed E-state index contributed by atoms with van der Waals surface area (Å²) in [4.78, 5) is 2.39. The minimum atomic E-state index is 0.807. The van der Waals surface area contributed by atoms with Crippen molar-refractivity contribution in [2.24, 2.45) is 0 Å². The number of benzene rings is 1. The van der Waals surface area contributed by atoms with Crippen LogP contribution in [0.3, 0.4) is 0 Å². The van der Waals surface area contributed by atoms with E-state index in [-0.39, 0.29) is 0 Å². The van der Waals surface area contributed by atoms with Crippen molar-refractivity contribution in [3.8, 4) is 0 Å². The molecule has 114 valence electrons. The summed E-state index contributed by atoms with van der Waals surface area (Å²) < 4.78 is 5.63. The van der Waals surface area contributed by atoms with Gasteiger partial charge in [-0.25, -0.2) is 0 Å². The van der Waals surface area contributed by atoms with Gasteiger partial charge < -0.3 is 14.6 Å². The van der Waals surface area contributed by atoms with Crippen LogP contribution in [-0.4, -0.2) is 13.1 Å². The summed E-state index contributed by atoms with van der Waals surface area (Å²) in [6.45, 7) is 10.2. The Kier molecular flexibility index (Phi) is 5.88. The Bertz CT molecular complexity index is 548. The molecule has 0 unspecified atom stereocenters. The molecule has 3 nitrogen and oxygen atoms in total. The Balaban J connectivity index is 2.09. The van der Waals surface area contributed by atoms with E-state index in [0.29, 0.717) is 0 Å². The lowest BCUT2D eigenvalue weighted by molar-refractivity contribution is 0.478. The zero-order valence-corrected chi connectivity index (χ0v) is 13.4. The molecule has 1 aromatic heterocycles. The maximum absolute atomic E-state index is 5.63. The maximum atomic E-state index is 5.63. The molecule has 1 N–H and O–H groups in total. The van der Waals surface area contributed by atoms with Gasteiger partial charge in [-0.05, 0) is 44.5 Å². The van der Waals surface area contributed by atoms with Crippen LogP contribution in [0, 0.1) is 6.92 Å². The van der Waals surface area contributed by atoms with Gasteiger partial charge >= 0.3 is 0 Å². The third-order valence-corrected chi connectivity index (χ3v) is 3.75. The summed E-state index contributed by atoms with van der Waals surface area (Å²) in [5.74, 6) is 1.05. The number of hydrogen-bond acceptors (Lipinski definition) is 3. The number of aryl methyl sites for hydroxylation is 1. The lowest BCUT2D eigenvalue weighted by Gasteiger charge is -2.25. The number of nitrogens with zero attached hydrogens (tertiary/aromatic N) is 1. The van der Waals surface area contributed by atoms with Crippen molar-refractivity contribution in [3.05, 3.63) is 53.5 Å². The van der Waals surface area contributed by atoms with Crippen LogP contribution in [-0.2, 0) is 13.1 Å². The highest BCUT2D eigenvalue weighted by molar-refractivity contribution is 5.53. The molecule has 0 amide bonds. The van der Waals surface area contributed by atoms with Crippen LogP contribution in [0.1, 0.15) is 37.2 Å². The van der Waals surface area contributed by atoms with Crippen molar-refractivity contribution in [3.63, 3.8) is 0 Å². The summed E-state index contributed by atoms with van der Waals surface area (Å²) in [5, 5.41) is 3.41. The minimum absolute atomic E-state index is 0.807. The van der Waals surface area contributed by atoms with Crippen molar-refractivity contribution in [2.75, 3.05) is 18.0 Å². The molecular formula is C18H26N2O.